The van der Waals surface area contributed by atoms with Crippen LogP contribution in [0.1, 0.15) is 12.0 Å². The monoisotopic (exact) mass is 244 g/mol. The normalized spacial score (nSPS) is 15.1. The third kappa shape index (κ3) is 1.58. The van der Waals surface area contributed by atoms with Crippen molar-refractivity contribution in [2.75, 3.05) is 0 Å². The van der Waals surface area contributed by atoms with E-state index in [9.17, 15) is 9.18 Å². The fourth-order valence-corrected chi connectivity index (χ4v) is 1.66. The number of ether oxygens (including phenoxy) is 1. The zero-order valence-corrected chi connectivity index (χ0v) is 8.23. The quantitative estimate of drug-likeness (QED) is 0.518. The number of rotatable bonds is 0. The van der Waals surface area contributed by atoms with Crippen molar-refractivity contribution < 1.29 is 13.9 Å². The molecule has 1 aromatic carbocycles. The number of hydrogen-bond acceptors (Lipinski definition) is 2. The molecule has 0 saturated heterocycles. The molecule has 2 rings (SSSR count). The first-order valence-corrected chi connectivity index (χ1v) is 4.65. The van der Waals surface area contributed by atoms with E-state index in [0.29, 0.717) is 23.1 Å². The van der Waals surface area contributed by atoms with Crippen molar-refractivity contribution >= 4 is 21.9 Å². The summed E-state index contributed by atoms with van der Waals surface area (Å²) in [7, 11) is 0. The van der Waals surface area contributed by atoms with E-state index in [2.05, 4.69) is 15.9 Å². The van der Waals surface area contributed by atoms with E-state index in [4.69, 9.17) is 4.74 Å². The van der Waals surface area contributed by atoms with Crippen LogP contribution in [0.4, 0.5) is 4.39 Å². The maximum atomic E-state index is 13.0. The van der Waals surface area contributed by atoms with Gasteiger partial charge in [-0.1, -0.05) is 0 Å². The molecule has 1 aromatic rings. The summed E-state index contributed by atoms with van der Waals surface area (Å²) in [6.45, 7) is 0. The SMILES string of the molecule is O=C1CCc2cc(Br)c(F)cc2O1. The number of carbonyl (C=O) groups is 1. The third-order valence-electron chi connectivity index (χ3n) is 1.93. The molecule has 0 amide bonds. The first-order chi connectivity index (χ1) is 6.16. The van der Waals surface area contributed by atoms with Crippen molar-refractivity contribution in [3.63, 3.8) is 0 Å². The third-order valence-corrected chi connectivity index (χ3v) is 2.53. The summed E-state index contributed by atoms with van der Waals surface area (Å²) in [6.07, 6.45) is 0.984. The summed E-state index contributed by atoms with van der Waals surface area (Å²) in [6, 6.07) is 2.88. The second kappa shape index (κ2) is 3.10. The van der Waals surface area contributed by atoms with Gasteiger partial charge in [0.05, 0.1) is 10.9 Å². The number of fused-ring (bicyclic) bond motifs is 1. The van der Waals surface area contributed by atoms with Gasteiger partial charge in [-0.05, 0) is 34.0 Å². The lowest BCUT2D eigenvalue weighted by Crippen LogP contribution is -2.15. The van der Waals surface area contributed by atoms with E-state index in [-0.39, 0.29) is 5.97 Å². The van der Waals surface area contributed by atoms with Crippen molar-refractivity contribution in [2.24, 2.45) is 0 Å². The van der Waals surface area contributed by atoms with Gasteiger partial charge in [0.25, 0.3) is 0 Å². The number of benzene rings is 1. The lowest BCUT2D eigenvalue weighted by molar-refractivity contribution is -0.135. The molecule has 1 aliphatic heterocycles. The van der Waals surface area contributed by atoms with Gasteiger partial charge in [0.1, 0.15) is 11.6 Å². The van der Waals surface area contributed by atoms with E-state index in [1.54, 1.807) is 6.07 Å². The minimum Gasteiger partial charge on any atom is -0.426 e. The Kier molecular flexibility index (Phi) is 2.07. The van der Waals surface area contributed by atoms with Crippen LogP contribution in [0.25, 0.3) is 0 Å². The molecule has 0 radical (unpaired) electrons. The number of esters is 1. The summed E-state index contributed by atoms with van der Waals surface area (Å²) >= 11 is 3.07. The summed E-state index contributed by atoms with van der Waals surface area (Å²) in [5.41, 5.74) is 0.868. The Hall–Kier alpha value is -0.900. The standard InChI is InChI=1S/C9H6BrFO2/c10-6-3-5-1-2-9(12)13-8(5)4-7(6)11/h3-4H,1-2H2. The van der Waals surface area contributed by atoms with Gasteiger partial charge >= 0.3 is 5.97 Å². The summed E-state index contributed by atoms with van der Waals surface area (Å²) in [4.78, 5) is 10.9. The maximum absolute atomic E-state index is 13.0. The van der Waals surface area contributed by atoms with Crippen LogP contribution in [0.2, 0.25) is 0 Å². The zero-order valence-electron chi connectivity index (χ0n) is 6.64. The Balaban J connectivity index is 2.49. The molecular weight excluding hydrogens is 239 g/mol. The summed E-state index contributed by atoms with van der Waals surface area (Å²) < 4.78 is 18.3. The van der Waals surface area contributed by atoms with Gasteiger partial charge in [-0.15, -0.1) is 0 Å². The number of halogens is 2. The maximum Gasteiger partial charge on any atom is 0.311 e. The van der Waals surface area contributed by atoms with Gasteiger partial charge in [-0.2, -0.15) is 0 Å². The number of carbonyl (C=O) groups excluding carboxylic acids is 1. The van der Waals surface area contributed by atoms with E-state index in [1.165, 1.54) is 6.07 Å². The Labute approximate surface area is 82.8 Å². The molecule has 0 spiro atoms. The molecule has 0 saturated carbocycles. The molecule has 1 heterocycles. The van der Waals surface area contributed by atoms with Crippen LogP contribution in [0.15, 0.2) is 16.6 Å². The molecule has 2 nitrogen and oxygen atoms in total. The first-order valence-electron chi connectivity index (χ1n) is 3.85. The van der Waals surface area contributed by atoms with E-state index in [1.807, 2.05) is 0 Å². The minimum absolute atomic E-state index is 0.297. The largest absolute Gasteiger partial charge is 0.426 e. The topological polar surface area (TPSA) is 26.3 Å². The highest BCUT2D eigenvalue weighted by molar-refractivity contribution is 9.10. The second-order valence-corrected chi connectivity index (χ2v) is 3.70. The van der Waals surface area contributed by atoms with Gasteiger partial charge in [0.2, 0.25) is 0 Å². The average molecular weight is 245 g/mol. The molecule has 0 N–H and O–H groups in total. The highest BCUT2D eigenvalue weighted by Crippen LogP contribution is 2.30. The average Bonchev–Trinajstić information content (AvgIpc) is 2.08. The molecule has 0 unspecified atom stereocenters. The van der Waals surface area contributed by atoms with Crippen LogP contribution in [-0.4, -0.2) is 5.97 Å². The van der Waals surface area contributed by atoms with Gasteiger partial charge in [0.15, 0.2) is 0 Å². The van der Waals surface area contributed by atoms with Crippen LogP contribution >= 0.6 is 15.9 Å². The van der Waals surface area contributed by atoms with Crippen molar-refractivity contribution in [1.82, 2.24) is 0 Å². The van der Waals surface area contributed by atoms with Crippen molar-refractivity contribution in [3.05, 3.63) is 28.0 Å². The van der Waals surface area contributed by atoms with Gasteiger partial charge < -0.3 is 4.74 Å². The molecular formula is C9H6BrFO2. The number of aryl methyl sites for hydroxylation is 1. The molecule has 1 aliphatic rings. The fraction of sp³-hybridized carbons (Fsp3) is 0.222. The summed E-state index contributed by atoms with van der Waals surface area (Å²) in [5, 5.41) is 0. The first kappa shape index (κ1) is 8.69. The van der Waals surface area contributed by atoms with Gasteiger partial charge in [-0.3, -0.25) is 4.79 Å². The van der Waals surface area contributed by atoms with E-state index < -0.39 is 5.82 Å². The van der Waals surface area contributed by atoms with Crippen LogP contribution in [0, 0.1) is 5.82 Å². The molecule has 0 bridgehead atoms. The predicted molar refractivity (Wildman–Crippen MR) is 48.1 cm³/mol. The minimum atomic E-state index is -0.409. The second-order valence-electron chi connectivity index (χ2n) is 2.85. The number of hydrogen-bond donors (Lipinski definition) is 0. The fourth-order valence-electron chi connectivity index (χ4n) is 1.27. The highest BCUT2D eigenvalue weighted by Gasteiger charge is 2.18. The van der Waals surface area contributed by atoms with Gasteiger partial charge in [0, 0.05) is 6.07 Å². The molecule has 68 valence electrons. The molecule has 4 heteroatoms. The van der Waals surface area contributed by atoms with Crippen LogP contribution in [0.5, 0.6) is 5.75 Å². The van der Waals surface area contributed by atoms with Crippen molar-refractivity contribution in [1.29, 1.82) is 0 Å². The Bertz CT molecular complexity index is 376. The Morgan fingerprint density at radius 2 is 2.15 bits per heavy atom. The van der Waals surface area contributed by atoms with Crippen LogP contribution in [-0.2, 0) is 11.2 Å². The Morgan fingerprint density at radius 3 is 2.92 bits per heavy atom. The van der Waals surface area contributed by atoms with Crippen molar-refractivity contribution in [2.45, 2.75) is 12.8 Å². The van der Waals surface area contributed by atoms with Crippen LogP contribution < -0.4 is 4.74 Å². The zero-order chi connectivity index (χ0) is 9.42. The molecule has 13 heavy (non-hydrogen) atoms. The Morgan fingerprint density at radius 1 is 1.38 bits per heavy atom. The molecule has 0 atom stereocenters. The summed E-state index contributed by atoms with van der Waals surface area (Å²) in [5.74, 6) is -0.361. The smallest absolute Gasteiger partial charge is 0.311 e. The lowest BCUT2D eigenvalue weighted by Gasteiger charge is -2.15. The van der Waals surface area contributed by atoms with Gasteiger partial charge in [-0.25, -0.2) is 4.39 Å². The highest BCUT2D eigenvalue weighted by atomic mass is 79.9. The lowest BCUT2D eigenvalue weighted by atomic mass is 10.1. The van der Waals surface area contributed by atoms with Crippen LogP contribution in [0.3, 0.4) is 0 Å². The predicted octanol–water partition coefficient (Wildman–Crippen LogP) is 2.44. The van der Waals surface area contributed by atoms with Crippen molar-refractivity contribution in [3.8, 4) is 5.75 Å². The molecule has 0 aromatic heterocycles. The molecule has 0 fully saturated rings. The van der Waals surface area contributed by atoms with E-state index in [0.717, 1.165) is 5.56 Å². The van der Waals surface area contributed by atoms with E-state index >= 15 is 0 Å². The molecule has 0 aliphatic carbocycles.